The Morgan fingerprint density at radius 1 is 1.26 bits per heavy atom. The number of rotatable bonds is 6. The number of hydrogen-bond acceptors (Lipinski definition) is 5. The van der Waals surface area contributed by atoms with E-state index >= 15 is 0 Å². The molecule has 0 spiro atoms. The first-order valence-corrected chi connectivity index (χ1v) is 8.47. The minimum Gasteiger partial charge on any atom is -0.453 e. The molecule has 0 aliphatic rings. The zero-order valence-electron chi connectivity index (χ0n) is 15.6. The summed E-state index contributed by atoms with van der Waals surface area (Å²) in [7, 11) is 0. The molecule has 0 aliphatic carbocycles. The molecule has 0 fully saturated rings. The second-order valence-corrected chi connectivity index (χ2v) is 7.09. The summed E-state index contributed by atoms with van der Waals surface area (Å²) in [6.45, 7) is 6.93. The van der Waals surface area contributed by atoms with E-state index in [9.17, 15) is 18.4 Å². The van der Waals surface area contributed by atoms with E-state index in [0.717, 1.165) is 12.1 Å². The number of ether oxygens (including phenoxy) is 1. The number of aryl methyl sites for hydroxylation is 1. The van der Waals surface area contributed by atoms with E-state index in [0.29, 0.717) is 0 Å². The van der Waals surface area contributed by atoms with E-state index in [-0.39, 0.29) is 30.1 Å². The van der Waals surface area contributed by atoms with E-state index in [2.05, 4.69) is 10.3 Å². The van der Waals surface area contributed by atoms with E-state index in [1.807, 2.05) is 20.8 Å². The Kier molecular flexibility index (Phi) is 6.30. The van der Waals surface area contributed by atoms with Crippen LogP contribution in [0.15, 0.2) is 28.8 Å². The van der Waals surface area contributed by atoms with Gasteiger partial charge >= 0.3 is 5.97 Å². The van der Waals surface area contributed by atoms with Crippen molar-refractivity contribution in [2.75, 3.05) is 0 Å². The van der Waals surface area contributed by atoms with Crippen LogP contribution < -0.4 is 5.32 Å². The van der Waals surface area contributed by atoms with Gasteiger partial charge in [0, 0.05) is 12.0 Å². The lowest BCUT2D eigenvalue weighted by atomic mass is 10.1. The van der Waals surface area contributed by atoms with Gasteiger partial charge in [0.25, 0.3) is 5.91 Å². The van der Waals surface area contributed by atoms with Gasteiger partial charge in [0.2, 0.25) is 0 Å². The summed E-state index contributed by atoms with van der Waals surface area (Å²) in [6, 6.07) is 3.47. The SMILES string of the molecule is CC(OC(=O)CCc1ncc(-c2c(F)cccc2F)o1)C(=O)NC(C)(C)C. The second-order valence-electron chi connectivity index (χ2n) is 7.09. The zero-order valence-corrected chi connectivity index (χ0v) is 15.6. The van der Waals surface area contributed by atoms with Gasteiger partial charge in [0.05, 0.1) is 18.2 Å². The van der Waals surface area contributed by atoms with Gasteiger partial charge in [0.1, 0.15) is 11.6 Å². The van der Waals surface area contributed by atoms with Crippen molar-refractivity contribution in [2.45, 2.75) is 52.2 Å². The van der Waals surface area contributed by atoms with Crippen molar-refractivity contribution in [2.24, 2.45) is 0 Å². The average molecular weight is 380 g/mol. The van der Waals surface area contributed by atoms with Crippen molar-refractivity contribution < 1.29 is 27.5 Å². The molecule has 27 heavy (non-hydrogen) atoms. The number of esters is 1. The quantitative estimate of drug-likeness (QED) is 0.777. The van der Waals surface area contributed by atoms with Crippen LogP contribution in [0.1, 0.15) is 40.0 Å². The fraction of sp³-hybridized carbons (Fsp3) is 0.421. The largest absolute Gasteiger partial charge is 0.453 e. The molecular formula is C19H22F2N2O4. The highest BCUT2D eigenvalue weighted by atomic mass is 19.1. The summed E-state index contributed by atoms with van der Waals surface area (Å²) < 4.78 is 37.9. The molecule has 1 atom stereocenters. The topological polar surface area (TPSA) is 81.4 Å². The molecule has 2 aromatic rings. The van der Waals surface area contributed by atoms with Crippen molar-refractivity contribution in [1.82, 2.24) is 10.3 Å². The fourth-order valence-electron chi connectivity index (χ4n) is 2.26. The molecule has 0 radical (unpaired) electrons. The maximum Gasteiger partial charge on any atom is 0.307 e. The van der Waals surface area contributed by atoms with Crippen LogP contribution >= 0.6 is 0 Å². The number of benzene rings is 1. The van der Waals surface area contributed by atoms with E-state index in [4.69, 9.17) is 9.15 Å². The fourth-order valence-corrected chi connectivity index (χ4v) is 2.26. The van der Waals surface area contributed by atoms with Gasteiger partial charge in [0.15, 0.2) is 17.8 Å². The van der Waals surface area contributed by atoms with Gasteiger partial charge in [-0.1, -0.05) is 6.07 Å². The molecule has 0 saturated heterocycles. The molecule has 146 valence electrons. The zero-order chi connectivity index (χ0) is 20.2. The van der Waals surface area contributed by atoms with Crippen molar-refractivity contribution in [3.8, 4) is 11.3 Å². The highest BCUT2D eigenvalue weighted by Crippen LogP contribution is 2.26. The van der Waals surface area contributed by atoms with Crippen LogP contribution in [0.25, 0.3) is 11.3 Å². The number of oxazole rings is 1. The first-order valence-electron chi connectivity index (χ1n) is 8.47. The third kappa shape index (κ3) is 5.87. The molecule has 0 saturated carbocycles. The number of carbonyl (C=O) groups is 2. The third-order valence-corrected chi connectivity index (χ3v) is 3.48. The molecule has 0 aliphatic heterocycles. The Morgan fingerprint density at radius 3 is 2.48 bits per heavy atom. The normalized spacial score (nSPS) is 12.5. The van der Waals surface area contributed by atoms with Crippen LogP contribution in [-0.4, -0.2) is 28.5 Å². The smallest absolute Gasteiger partial charge is 0.307 e. The Labute approximate surface area is 155 Å². The Bertz CT molecular complexity index is 807. The second kappa shape index (κ2) is 8.28. The van der Waals surface area contributed by atoms with E-state index in [1.165, 1.54) is 19.2 Å². The van der Waals surface area contributed by atoms with Gasteiger partial charge in [-0.2, -0.15) is 0 Å². The molecule has 6 nitrogen and oxygen atoms in total. The Balaban J connectivity index is 1.91. The van der Waals surface area contributed by atoms with Gasteiger partial charge in [-0.15, -0.1) is 0 Å². The van der Waals surface area contributed by atoms with Crippen LogP contribution in [0, 0.1) is 11.6 Å². The molecule has 1 amide bonds. The molecule has 1 aromatic carbocycles. The van der Waals surface area contributed by atoms with Crippen molar-refractivity contribution in [3.63, 3.8) is 0 Å². The van der Waals surface area contributed by atoms with Gasteiger partial charge in [-0.05, 0) is 39.8 Å². The Morgan fingerprint density at radius 2 is 1.89 bits per heavy atom. The first-order chi connectivity index (χ1) is 12.6. The van der Waals surface area contributed by atoms with Gasteiger partial charge < -0.3 is 14.5 Å². The van der Waals surface area contributed by atoms with Gasteiger partial charge in [-0.25, -0.2) is 13.8 Å². The monoisotopic (exact) mass is 380 g/mol. The molecule has 2 rings (SSSR count). The standard InChI is InChI=1S/C19H22F2N2O4/c1-11(18(25)23-19(2,3)4)26-16(24)9-8-15-22-10-14(27-15)17-12(20)6-5-7-13(17)21/h5-7,10-11H,8-9H2,1-4H3,(H,23,25). The summed E-state index contributed by atoms with van der Waals surface area (Å²) in [5, 5.41) is 2.71. The number of carbonyl (C=O) groups excluding carboxylic acids is 2. The number of nitrogens with one attached hydrogen (secondary N) is 1. The number of amides is 1. The minimum atomic E-state index is -0.940. The number of hydrogen-bond donors (Lipinski definition) is 1. The predicted molar refractivity (Wildman–Crippen MR) is 93.6 cm³/mol. The number of aromatic nitrogens is 1. The lowest BCUT2D eigenvalue weighted by Gasteiger charge is -2.23. The summed E-state index contributed by atoms with van der Waals surface area (Å²) in [5.41, 5.74) is -0.750. The van der Waals surface area contributed by atoms with Crippen molar-refractivity contribution in [1.29, 1.82) is 0 Å². The van der Waals surface area contributed by atoms with Crippen LogP contribution in [-0.2, 0) is 20.7 Å². The maximum atomic E-state index is 13.8. The number of halogens is 2. The van der Waals surface area contributed by atoms with Crippen LogP contribution in [0.5, 0.6) is 0 Å². The van der Waals surface area contributed by atoms with Gasteiger partial charge in [-0.3, -0.25) is 9.59 Å². The minimum absolute atomic E-state index is 0.0631. The molecule has 1 unspecified atom stereocenters. The maximum absolute atomic E-state index is 13.8. The van der Waals surface area contributed by atoms with Crippen LogP contribution in [0.4, 0.5) is 8.78 Å². The molecule has 1 N–H and O–H groups in total. The van der Waals surface area contributed by atoms with Crippen LogP contribution in [0.2, 0.25) is 0 Å². The molecule has 1 heterocycles. The highest BCUT2D eigenvalue weighted by molar-refractivity contribution is 5.83. The Hall–Kier alpha value is -2.77. The number of nitrogens with zero attached hydrogens (tertiary/aromatic N) is 1. The predicted octanol–water partition coefficient (Wildman–Crippen LogP) is 3.40. The summed E-state index contributed by atoms with van der Waals surface area (Å²) in [6.07, 6.45) is 0.237. The lowest BCUT2D eigenvalue weighted by molar-refractivity contribution is -0.155. The summed E-state index contributed by atoms with van der Waals surface area (Å²) in [5.74, 6) is -2.47. The molecule has 8 heteroatoms. The van der Waals surface area contributed by atoms with Crippen molar-refractivity contribution in [3.05, 3.63) is 41.9 Å². The molecular weight excluding hydrogens is 358 g/mol. The molecule has 0 bridgehead atoms. The van der Waals surface area contributed by atoms with E-state index in [1.54, 1.807) is 0 Å². The average Bonchev–Trinajstić information content (AvgIpc) is 2.99. The van der Waals surface area contributed by atoms with E-state index < -0.39 is 35.2 Å². The lowest BCUT2D eigenvalue weighted by Crippen LogP contribution is -2.46. The first kappa shape index (κ1) is 20.5. The third-order valence-electron chi connectivity index (χ3n) is 3.48. The van der Waals surface area contributed by atoms with Crippen molar-refractivity contribution >= 4 is 11.9 Å². The molecule has 1 aromatic heterocycles. The summed E-state index contributed by atoms with van der Waals surface area (Å²) >= 11 is 0. The van der Waals surface area contributed by atoms with Crippen LogP contribution in [0.3, 0.4) is 0 Å². The summed E-state index contributed by atoms with van der Waals surface area (Å²) in [4.78, 5) is 27.7. The highest BCUT2D eigenvalue weighted by Gasteiger charge is 2.22.